The first-order valence-corrected chi connectivity index (χ1v) is 5.09. The van der Waals surface area contributed by atoms with Crippen molar-refractivity contribution in [3.8, 4) is 0 Å². The average molecular weight is 195 g/mol. The largest absolute Gasteiger partial charge is 0.321 e. The van der Waals surface area contributed by atoms with Gasteiger partial charge in [-0.1, -0.05) is 0 Å². The van der Waals surface area contributed by atoms with Gasteiger partial charge in [0.1, 0.15) is 0 Å². The molecule has 0 amide bonds. The molecular weight excluding hydrogens is 182 g/mol. The molecule has 0 saturated heterocycles. The van der Waals surface area contributed by atoms with Gasteiger partial charge >= 0.3 is 0 Å². The lowest BCUT2D eigenvalue weighted by Crippen LogP contribution is -2.31. The average Bonchev–Trinajstić information content (AvgIpc) is 2.41. The molecule has 0 aromatic carbocycles. The number of thiazole rings is 1. The SMILES string of the molecule is Cc1nc2sccn2c1C(C)(C)N. The molecule has 0 aliphatic rings. The van der Waals surface area contributed by atoms with Gasteiger partial charge in [-0.3, -0.25) is 4.40 Å². The molecule has 0 aliphatic carbocycles. The Morgan fingerprint density at radius 1 is 1.54 bits per heavy atom. The second-order valence-electron chi connectivity index (χ2n) is 3.82. The zero-order chi connectivity index (χ0) is 9.64. The minimum absolute atomic E-state index is 0.329. The molecule has 2 heterocycles. The normalized spacial score (nSPS) is 12.6. The molecule has 0 fully saturated rings. The van der Waals surface area contributed by atoms with Crippen LogP contribution in [0.4, 0.5) is 0 Å². The summed E-state index contributed by atoms with van der Waals surface area (Å²) in [6.07, 6.45) is 2.02. The van der Waals surface area contributed by atoms with Crippen LogP contribution in [-0.4, -0.2) is 9.38 Å². The van der Waals surface area contributed by atoms with Gasteiger partial charge in [-0.2, -0.15) is 0 Å². The van der Waals surface area contributed by atoms with E-state index in [2.05, 4.69) is 9.38 Å². The van der Waals surface area contributed by atoms with Crippen molar-refractivity contribution in [1.82, 2.24) is 9.38 Å². The summed E-state index contributed by atoms with van der Waals surface area (Å²) in [6, 6.07) is 0. The molecule has 2 rings (SSSR count). The lowest BCUT2D eigenvalue weighted by atomic mass is 10.0. The highest BCUT2D eigenvalue weighted by Gasteiger charge is 2.22. The quantitative estimate of drug-likeness (QED) is 0.755. The Bertz CT molecular complexity index is 433. The zero-order valence-electron chi connectivity index (χ0n) is 8.03. The Morgan fingerprint density at radius 3 is 2.85 bits per heavy atom. The maximum atomic E-state index is 6.07. The Morgan fingerprint density at radius 2 is 2.23 bits per heavy atom. The van der Waals surface area contributed by atoms with Crippen LogP contribution < -0.4 is 5.73 Å². The summed E-state index contributed by atoms with van der Waals surface area (Å²) in [5, 5.41) is 2.02. The molecule has 0 atom stereocenters. The molecule has 70 valence electrons. The van der Waals surface area contributed by atoms with Crippen LogP contribution in [-0.2, 0) is 5.54 Å². The molecule has 13 heavy (non-hydrogen) atoms. The van der Waals surface area contributed by atoms with E-state index in [1.165, 1.54) is 0 Å². The topological polar surface area (TPSA) is 43.3 Å². The summed E-state index contributed by atoms with van der Waals surface area (Å²) < 4.78 is 2.07. The van der Waals surface area contributed by atoms with Gasteiger partial charge in [0, 0.05) is 11.6 Å². The number of hydrogen-bond donors (Lipinski definition) is 1. The summed E-state index contributed by atoms with van der Waals surface area (Å²) in [4.78, 5) is 5.46. The molecule has 2 aromatic heterocycles. The van der Waals surface area contributed by atoms with Crippen LogP contribution >= 0.6 is 11.3 Å². The fourth-order valence-electron chi connectivity index (χ4n) is 1.67. The summed E-state index contributed by atoms with van der Waals surface area (Å²) >= 11 is 1.63. The summed E-state index contributed by atoms with van der Waals surface area (Å²) in [5.74, 6) is 0. The van der Waals surface area contributed by atoms with E-state index in [9.17, 15) is 0 Å². The molecule has 0 saturated carbocycles. The zero-order valence-corrected chi connectivity index (χ0v) is 8.85. The molecule has 2 N–H and O–H groups in total. The van der Waals surface area contributed by atoms with E-state index in [1.807, 2.05) is 32.3 Å². The first kappa shape index (κ1) is 8.72. The van der Waals surface area contributed by atoms with E-state index < -0.39 is 0 Å². The molecule has 0 unspecified atom stereocenters. The third-order valence-corrected chi connectivity index (χ3v) is 2.80. The van der Waals surface area contributed by atoms with Gasteiger partial charge in [0.25, 0.3) is 0 Å². The van der Waals surface area contributed by atoms with Crippen LogP contribution in [0, 0.1) is 6.92 Å². The van der Waals surface area contributed by atoms with Crippen LogP contribution in [0.25, 0.3) is 4.96 Å². The summed E-state index contributed by atoms with van der Waals surface area (Å²) in [7, 11) is 0. The predicted molar refractivity (Wildman–Crippen MR) is 55.0 cm³/mol. The van der Waals surface area contributed by atoms with Crippen molar-refractivity contribution < 1.29 is 0 Å². The van der Waals surface area contributed by atoms with E-state index in [-0.39, 0.29) is 5.54 Å². The van der Waals surface area contributed by atoms with E-state index >= 15 is 0 Å². The van der Waals surface area contributed by atoms with Gasteiger partial charge in [0.15, 0.2) is 4.96 Å². The second kappa shape index (κ2) is 2.56. The van der Waals surface area contributed by atoms with Gasteiger partial charge in [0.2, 0.25) is 0 Å². The first-order chi connectivity index (χ1) is 6.00. The Labute approximate surface area is 81.2 Å². The van der Waals surface area contributed by atoms with Crippen LogP contribution in [0.1, 0.15) is 25.2 Å². The van der Waals surface area contributed by atoms with Gasteiger partial charge in [-0.15, -0.1) is 11.3 Å². The number of rotatable bonds is 1. The number of hydrogen-bond acceptors (Lipinski definition) is 3. The Hall–Kier alpha value is -0.870. The fourth-order valence-corrected chi connectivity index (χ4v) is 2.43. The van der Waals surface area contributed by atoms with Crippen molar-refractivity contribution in [3.05, 3.63) is 23.0 Å². The molecule has 0 aliphatic heterocycles. The van der Waals surface area contributed by atoms with Gasteiger partial charge < -0.3 is 5.73 Å². The highest BCUT2D eigenvalue weighted by molar-refractivity contribution is 7.15. The Balaban J connectivity index is 2.78. The third-order valence-electron chi connectivity index (χ3n) is 2.05. The molecule has 0 spiro atoms. The molecule has 0 bridgehead atoms. The predicted octanol–water partition coefficient (Wildman–Crippen LogP) is 1.90. The fraction of sp³-hybridized carbons (Fsp3) is 0.444. The van der Waals surface area contributed by atoms with Crippen LogP contribution in [0.3, 0.4) is 0 Å². The molecule has 4 heteroatoms. The van der Waals surface area contributed by atoms with E-state index in [0.717, 1.165) is 16.3 Å². The smallest absolute Gasteiger partial charge is 0.194 e. The second-order valence-corrected chi connectivity index (χ2v) is 4.70. The number of nitrogens with two attached hydrogens (primary N) is 1. The number of nitrogens with zero attached hydrogens (tertiary/aromatic N) is 2. The van der Waals surface area contributed by atoms with Crippen molar-refractivity contribution in [1.29, 1.82) is 0 Å². The minimum Gasteiger partial charge on any atom is -0.321 e. The van der Waals surface area contributed by atoms with Crippen molar-refractivity contribution in [2.45, 2.75) is 26.3 Å². The minimum atomic E-state index is -0.329. The van der Waals surface area contributed by atoms with Crippen molar-refractivity contribution in [3.63, 3.8) is 0 Å². The highest BCUT2D eigenvalue weighted by atomic mass is 32.1. The Kier molecular flexibility index (Phi) is 1.72. The summed E-state index contributed by atoms with van der Waals surface area (Å²) in [6.45, 7) is 6.01. The lowest BCUT2D eigenvalue weighted by molar-refractivity contribution is 0.527. The monoisotopic (exact) mass is 195 g/mol. The lowest BCUT2D eigenvalue weighted by Gasteiger charge is -2.18. The molecule has 2 aromatic rings. The van der Waals surface area contributed by atoms with Crippen molar-refractivity contribution >= 4 is 16.3 Å². The standard InChI is InChI=1S/C9H13N3S/c1-6-7(9(2,3)10)12-4-5-13-8(12)11-6/h4-5H,10H2,1-3H3. The third kappa shape index (κ3) is 1.26. The van der Waals surface area contributed by atoms with E-state index in [1.54, 1.807) is 11.3 Å². The van der Waals surface area contributed by atoms with Gasteiger partial charge in [-0.25, -0.2) is 4.98 Å². The maximum absolute atomic E-state index is 6.07. The molecular formula is C9H13N3S. The number of aryl methyl sites for hydroxylation is 1. The molecule has 3 nitrogen and oxygen atoms in total. The number of fused-ring (bicyclic) bond motifs is 1. The van der Waals surface area contributed by atoms with E-state index in [0.29, 0.717) is 0 Å². The van der Waals surface area contributed by atoms with Gasteiger partial charge in [-0.05, 0) is 20.8 Å². The van der Waals surface area contributed by atoms with Crippen LogP contribution in [0.15, 0.2) is 11.6 Å². The highest BCUT2D eigenvalue weighted by Crippen LogP contribution is 2.24. The van der Waals surface area contributed by atoms with Crippen LogP contribution in [0.5, 0.6) is 0 Å². The summed E-state index contributed by atoms with van der Waals surface area (Å²) in [5.41, 5.74) is 7.87. The maximum Gasteiger partial charge on any atom is 0.194 e. The van der Waals surface area contributed by atoms with Crippen molar-refractivity contribution in [2.75, 3.05) is 0 Å². The van der Waals surface area contributed by atoms with Crippen LogP contribution in [0.2, 0.25) is 0 Å². The van der Waals surface area contributed by atoms with E-state index in [4.69, 9.17) is 5.73 Å². The van der Waals surface area contributed by atoms with Gasteiger partial charge in [0.05, 0.1) is 16.9 Å². The molecule has 0 radical (unpaired) electrons. The van der Waals surface area contributed by atoms with Crippen molar-refractivity contribution in [2.24, 2.45) is 5.73 Å². The number of aromatic nitrogens is 2. The first-order valence-electron chi connectivity index (χ1n) is 4.21. The number of imidazole rings is 1.